The van der Waals surface area contributed by atoms with Crippen molar-refractivity contribution in [2.45, 2.75) is 20.0 Å². The minimum Gasteiger partial charge on any atom is -0.389 e. The molecule has 0 amide bonds. The minimum absolute atomic E-state index is 0.411. The molecule has 0 aromatic heterocycles. The van der Waals surface area contributed by atoms with Gasteiger partial charge in [0.25, 0.3) is 0 Å². The van der Waals surface area contributed by atoms with Crippen LogP contribution in [0.15, 0.2) is 24.3 Å². The highest BCUT2D eigenvalue weighted by Crippen LogP contribution is 1.98. The van der Waals surface area contributed by atoms with Crippen molar-refractivity contribution < 1.29 is 5.11 Å². The lowest BCUT2D eigenvalue weighted by atomic mass is 10.2. The van der Waals surface area contributed by atoms with Crippen LogP contribution in [0.3, 0.4) is 0 Å². The molecule has 1 N–H and O–H groups in total. The van der Waals surface area contributed by atoms with E-state index in [4.69, 9.17) is 5.11 Å². The maximum atomic E-state index is 8.80. The van der Waals surface area contributed by atoms with Gasteiger partial charge in [-0.3, -0.25) is 0 Å². The summed E-state index contributed by atoms with van der Waals surface area (Å²) in [7, 11) is 0. The van der Waals surface area contributed by atoms with Crippen LogP contribution >= 0.6 is 0 Å². The molecule has 1 atom stereocenters. The second-order valence-corrected chi connectivity index (χ2v) is 1.75. The van der Waals surface area contributed by atoms with Gasteiger partial charge in [0.05, 0.1) is 6.10 Å². The van der Waals surface area contributed by atoms with E-state index in [1.807, 2.05) is 13.0 Å². The van der Waals surface area contributed by atoms with Gasteiger partial charge >= 0.3 is 0 Å². The highest BCUT2D eigenvalue weighted by atomic mass is 16.3. The number of hydrogen-bond donors (Lipinski definition) is 1. The molecular weight excluding hydrogens is 100 g/mol. The zero-order valence-corrected chi connectivity index (χ0v) is 5.39. The largest absolute Gasteiger partial charge is 0.389 e. The van der Waals surface area contributed by atoms with E-state index in [-0.39, 0.29) is 0 Å². The second-order valence-electron chi connectivity index (χ2n) is 1.75. The fraction of sp³-hybridized carbons (Fsp3) is 0.429. The van der Waals surface area contributed by atoms with Crippen molar-refractivity contribution in [3.8, 4) is 0 Å². The topological polar surface area (TPSA) is 20.2 Å². The second kappa shape index (κ2) is 3.44. The highest BCUT2D eigenvalue weighted by molar-refractivity contribution is 5.16. The Morgan fingerprint density at radius 2 is 2.25 bits per heavy atom. The number of rotatable bonds is 2. The Bertz CT molecular complexity index is 101. The maximum Gasteiger partial charge on any atom is 0.0756 e. The minimum atomic E-state index is -0.411. The van der Waals surface area contributed by atoms with Gasteiger partial charge in [-0.15, -0.1) is 0 Å². The molecule has 0 saturated heterocycles. The van der Waals surface area contributed by atoms with Crippen molar-refractivity contribution in [1.82, 2.24) is 0 Å². The maximum absolute atomic E-state index is 8.80. The zero-order chi connectivity index (χ0) is 6.57. The molecule has 0 saturated carbocycles. The lowest BCUT2D eigenvalue weighted by molar-refractivity contribution is 0.236. The highest BCUT2D eigenvalue weighted by Gasteiger charge is 1.93. The lowest BCUT2D eigenvalue weighted by Gasteiger charge is -1.99. The number of aliphatic hydroxyl groups is 1. The Morgan fingerprint density at radius 3 is 2.38 bits per heavy atom. The first-order chi connectivity index (χ1) is 3.68. The molecule has 1 heteroatoms. The van der Waals surface area contributed by atoms with Gasteiger partial charge in [0.2, 0.25) is 0 Å². The lowest BCUT2D eigenvalue weighted by Crippen LogP contribution is -1.99. The monoisotopic (exact) mass is 112 g/mol. The molecule has 1 unspecified atom stereocenters. The smallest absolute Gasteiger partial charge is 0.0756 e. The van der Waals surface area contributed by atoms with Gasteiger partial charge in [0, 0.05) is 0 Å². The molecule has 0 aliphatic heterocycles. The van der Waals surface area contributed by atoms with Crippen LogP contribution in [0.1, 0.15) is 13.8 Å². The van der Waals surface area contributed by atoms with Gasteiger partial charge in [0.1, 0.15) is 0 Å². The first-order valence-corrected chi connectivity index (χ1v) is 2.68. The summed E-state index contributed by atoms with van der Waals surface area (Å²) in [5.41, 5.74) is 0.757. The molecular formula is C7H12O. The molecule has 0 rings (SSSR count). The third-order valence-electron chi connectivity index (χ3n) is 0.917. The van der Waals surface area contributed by atoms with E-state index in [1.54, 1.807) is 13.0 Å². The summed E-state index contributed by atoms with van der Waals surface area (Å²) >= 11 is 0. The van der Waals surface area contributed by atoms with Gasteiger partial charge in [-0.05, 0) is 19.4 Å². The molecule has 0 aromatic carbocycles. The van der Waals surface area contributed by atoms with E-state index in [1.165, 1.54) is 0 Å². The molecule has 0 aromatic rings. The van der Waals surface area contributed by atoms with Crippen LogP contribution in [0.25, 0.3) is 0 Å². The van der Waals surface area contributed by atoms with E-state index in [0.29, 0.717) is 0 Å². The average Bonchev–Trinajstić information content (AvgIpc) is 1.67. The predicted octanol–water partition coefficient (Wildman–Crippen LogP) is 1.50. The SMILES string of the molecule is C=C(/C=C\C)C(C)O. The number of allylic oxidation sites excluding steroid dienone is 1. The Kier molecular flexibility index (Phi) is 3.20. The predicted molar refractivity (Wildman–Crippen MR) is 35.6 cm³/mol. The summed E-state index contributed by atoms with van der Waals surface area (Å²) in [6, 6.07) is 0. The van der Waals surface area contributed by atoms with Crippen LogP contribution in [0, 0.1) is 0 Å². The third-order valence-corrected chi connectivity index (χ3v) is 0.917. The van der Waals surface area contributed by atoms with Crippen LogP contribution in [-0.4, -0.2) is 11.2 Å². The van der Waals surface area contributed by atoms with Crippen LogP contribution in [0.2, 0.25) is 0 Å². The zero-order valence-electron chi connectivity index (χ0n) is 5.39. The van der Waals surface area contributed by atoms with Gasteiger partial charge in [-0.1, -0.05) is 18.7 Å². The van der Waals surface area contributed by atoms with Crippen molar-refractivity contribution in [3.63, 3.8) is 0 Å². The normalized spacial score (nSPS) is 14.4. The fourth-order valence-corrected chi connectivity index (χ4v) is 0.353. The van der Waals surface area contributed by atoms with Crippen LogP contribution in [0.5, 0.6) is 0 Å². The van der Waals surface area contributed by atoms with Gasteiger partial charge in [-0.2, -0.15) is 0 Å². The molecule has 0 spiro atoms. The molecule has 0 bridgehead atoms. The first-order valence-electron chi connectivity index (χ1n) is 2.68. The molecule has 46 valence electrons. The molecule has 1 nitrogen and oxygen atoms in total. The van der Waals surface area contributed by atoms with E-state index in [0.717, 1.165) is 5.57 Å². The summed E-state index contributed by atoms with van der Waals surface area (Å²) in [6.45, 7) is 7.20. The molecule has 0 aliphatic carbocycles. The van der Waals surface area contributed by atoms with Crippen LogP contribution in [0.4, 0.5) is 0 Å². The summed E-state index contributed by atoms with van der Waals surface area (Å²) in [5, 5.41) is 8.80. The van der Waals surface area contributed by atoms with E-state index < -0.39 is 6.10 Å². The molecule has 8 heavy (non-hydrogen) atoms. The number of aliphatic hydroxyl groups excluding tert-OH is 1. The summed E-state index contributed by atoms with van der Waals surface area (Å²) in [6.07, 6.45) is 3.24. The third kappa shape index (κ3) is 2.59. The van der Waals surface area contributed by atoms with Crippen molar-refractivity contribution in [2.75, 3.05) is 0 Å². The summed E-state index contributed by atoms with van der Waals surface area (Å²) in [5.74, 6) is 0. The van der Waals surface area contributed by atoms with E-state index in [9.17, 15) is 0 Å². The standard InChI is InChI=1S/C7H12O/c1-4-5-6(2)7(3)8/h4-5,7-8H,2H2,1,3H3/b5-4-. The quantitative estimate of drug-likeness (QED) is 0.537. The van der Waals surface area contributed by atoms with Crippen molar-refractivity contribution in [2.24, 2.45) is 0 Å². The molecule has 0 aliphatic rings. The van der Waals surface area contributed by atoms with Gasteiger partial charge < -0.3 is 5.11 Å². The van der Waals surface area contributed by atoms with Crippen LogP contribution in [-0.2, 0) is 0 Å². The summed E-state index contributed by atoms with van der Waals surface area (Å²) in [4.78, 5) is 0. The Hall–Kier alpha value is -0.560. The average molecular weight is 112 g/mol. The number of hydrogen-bond acceptors (Lipinski definition) is 1. The van der Waals surface area contributed by atoms with Crippen LogP contribution < -0.4 is 0 Å². The van der Waals surface area contributed by atoms with E-state index >= 15 is 0 Å². The fourth-order valence-electron chi connectivity index (χ4n) is 0.353. The summed E-state index contributed by atoms with van der Waals surface area (Å²) < 4.78 is 0. The van der Waals surface area contributed by atoms with E-state index in [2.05, 4.69) is 6.58 Å². The van der Waals surface area contributed by atoms with Crippen molar-refractivity contribution in [1.29, 1.82) is 0 Å². The molecule has 0 heterocycles. The van der Waals surface area contributed by atoms with Crippen molar-refractivity contribution in [3.05, 3.63) is 24.3 Å². The van der Waals surface area contributed by atoms with Gasteiger partial charge in [-0.25, -0.2) is 0 Å². The Morgan fingerprint density at radius 1 is 1.75 bits per heavy atom. The Labute approximate surface area is 50.3 Å². The van der Waals surface area contributed by atoms with Crippen molar-refractivity contribution >= 4 is 0 Å². The first kappa shape index (κ1) is 7.44. The molecule has 0 radical (unpaired) electrons. The molecule has 0 fully saturated rings. The Balaban J connectivity index is 3.66. The van der Waals surface area contributed by atoms with Gasteiger partial charge in [0.15, 0.2) is 0 Å².